The van der Waals surface area contributed by atoms with E-state index < -0.39 is 28.6 Å². The highest BCUT2D eigenvalue weighted by Gasteiger charge is 2.33. The van der Waals surface area contributed by atoms with Crippen molar-refractivity contribution in [1.29, 1.82) is 0 Å². The van der Waals surface area contributed by atoms with Gasteiger partial charge in [0.25, 0.3) is 0 Å². The first-order valence-electron chi connectivity index (χ1n) is 6.93. The molecule has 1 aromatic rings. The second-order valence-corrected chi connectivity index (χ2v) is 6.67. The van der Waals surface area contributed by atoms with Gasteiger partial charge in [-0.3, -0.25) is 4.79 Å². The number of carbonyl (C=O) groups excluding carboxylic acids is 1. The summed E-state index contributed by atoms with van der Waals surface area (Å²) in [4.78, 5) is 11.2. The van der Waals surface area contributed by atoms with Gasteiger partial charge in [0.1, 0.15) is 11.0 Å². The van der Waals surface area contributed by atoms with Crippen molar-refractivity contribution in [3.05, 3.63) is 29.8 Å². The molecule has 1 heterocycles. The zero-order chi connectivity index (χ0) is 16.3. The number of alkyl halides is 3. The van der Waals surface area contributed by atoms with Crippen LogP contribution in [0.5, 0.6) is 0 Å². The maximum absolute atomic E-state index is 12.7. The minimum Gasteiger partial charge on any atom is -0.370 e. The molecular weight excluding hydrogens is 317 g/mol. The molecule has 2 unspecified atom stereocenters. The smallest absolute Gasteiger partial charge is 0.370 e. The van der Waals surface area contributed by atoms with Crippen molar-refractivity contribution in [3.63, 3.8) is 0 Å². The van der Waals surface area contributed by atoms with Crippen molar-refractivity contribution >= 4 is 16.9 Å². The second kappa shape index (κ2) is 6.78. The SMILES string of the molecule is NC(=O)CC1CCCCN1S(=O)c1cccc(C(F)(F)F)c1. The van der Waals surface area contributed by atoms with Gasteiger partial charge in [0.15, 0.2) is 0 Å². The topological polar surface area (TPSA) is 63.4 Å². The number of carbonyl (C=O) groups is 1. The van der Waals surface area contributed by atoms with E-state index in [2.05, 4.69) is 0 Å². The average molecular weight is 334 g/mol. The van der Waals surface area contributed by atoms with Crippen LogP contribution < -0.4 is 5.73 Å². The predicted molar refractivity (Wildman–Crippen MR) is 76.0 cm³/mol. The molecule has 0 spiro atoms. The van der Waals surface area contributed by atoms with Gasteiger partial charge in [0.2, 0.25) is 5.91 Å². The number of hydrogen-bond acceptors (Lipinski definition) is 2. The van der Waals surface area contributed by atoms with Crippen molar-refractivity contribution < 1.29 is 22.2 Å². The third-order valence-corrected chi connectivity index (χ3v) is 5.15. The van der Waals surface area contributed by atoms with Crippen LogP contribution in [-0.2, 0) is 22.0 Å². The Hall–Kier alpha value is -1.41. The van der Waals surface area contributed by atoms with Crippen LogP contribution >= 0.6 is 0 Å². The monoisotopic (exact) mass is 334 g/mol. The molecule has 1 aromatic carbocycles. The Labute approximate surface area is 129 Å². The van der Waals surface area contributed by atoms with Crippen molar-refractivity contribution in [2.24, 2.45) is 5.73 Å². The molecule has 0 radical (unpaired) electrons. The fourth-order valence-electron chi connectivity index (χ4n) is 2.55. The summed E-state index contributed by atoms with van der Waals surface area (Å²) in [7, 11) is -1.74. The summed E-state index contributed by atoms with van der Waals surface area (Å²) in [5.74, 6) is -0.502. The number of hydrogen-bond donors (Lipinski definition) is 1. The Morgan fingerprint density at radius 3 is 2.73 bits per heavy atom. The largest absolute Gasteiger partial charge is 0.416 e. The van der Waals surface area contributed by atoms with E-state index in [1.165, 1.54) is 12.1 Å². The van der Waals surface area contributed by atoms with E-state index in [4.69, 9.17) is 5.73 Å². The number of piperidine rings is 1. The number of primary amides is 1. The minimum atomic E-state index is -4.48. The summed E-state index contributed by atoms with van der Waals surface area (Å²) < 4.78 is 52.4. The van der Waals surface area contributed by atoms with Crippen LogP contribution in [0, 0.1) is 0 Å². The predicted octanol–water partition coefficient (Wildman–Crippen LogP) is 2.46. The van der Waals surface area contributed by atoms with Gasteiger partial charge < -0.3 is 5.73 Å². The third kappa shape index (κ3) is 4.07. The Bertz CT molecular complexity index is 577. The van der Waals surface area contributed by atoms with Crippen molar-refractivity contribution in [1.82, 2.24) is 4.31 Å². The molecule has 1 aliphatic rings. The summed E-state index contributed by atoms with van der Waals surface area (Å²) in [6.07, 6.45) is -2.08. The Kier molecular flexibility index (Phi) is 5.23. The number of rotatable bonds is 4. The molecule has 1 amide bonds. The Morgan fingerprint density at radius 1 is 1.36 bits per heavy atom. The highest BCUT2D eigenvalue weighted by Crippen LogP contribution is 2.31. The summed E-state index contributed by atoms with van der Waals surface area (Å²) >= 11 is 0. The molecule has 0 bridgehead atoms. The summed E-state index contributed by atoms with van der Waals surface area (Å²) in [6.45, 7) is 0.473. The van der Waals surface area contributed by atoms with Crippen molar-refractivity contribution in [2.75, 3.05) is 6.54 Å². The third-order valence-electron chi connectivity index (χ3n) is 3.59. The maximum atomic E-state index is 12.7. The Morgan fingerprint density at radius 2 is 2.09 bits per heavy atom. The maximum Gasteiger partial charge on any atom is 0.416 e. The van der Waals surface area contributed by atoms with Gasteiger partial charge in [-0.2, -0.15) is 13.2 Å². The van der Waals surface area contributed by atoms with Gasteiger partial charge >= 0.3 is 6.18 Å². The number of benzene rings is 1. The molecule has 0 aromatic heterocycles. The number of nitrogens with two attached hydrogens (primary N) is 1. The lowest BCUT2D eigenvalue weighted by Gasteiger charge is -2.33. The molecule has 2 atom stereocenters. The van der Waals surface area contributed by atoms with Crippen LogP contribution in [0.25, 0.3) is 0 Å². The van der Waals surface area contributed by atoms with Gasteiger partial charge in [-0.05, 0) is 31.0 Å². The number of amides is 1. The fraction of sp³-hybridized carbons (Fsp3) is 0.500. The zero-order valence-corrected chi connectivity index (χ0v) is 12.6. The molecule has 1 fully saturated rings. The first-order valence-corrected chi connectivity index (χ1v) is 8.04. The first kappa shape index (κ1) is 17.0. The van der Waals surface area contributed by atoms with Gasteiger partial charge in [0.05, 0.1) is 10.5 Å². The summed E-state index contributed by atoms with van der Waals surface area (Å²) in [5, 5.41) is 0. The van der Waals surface area contributed by atoms with Crippen LogP contribution in [0.3, 0.4) is 0 Å². The van der Waals surface area contributed by atoms with Gasteiger partial charge in [-0.1, -0.05) is 12.5 Å². The second-order valence-electron chi connectivity index (χ2n) is 5.24. The molecule has 122 valence electrons. The van der Waals surface area contributed by atoms with E-state index in [-0.39, 0.29) is 17.4 Å². The molecule has 4 nitrogen and oxygen atoms in total. The highest BCUT2D eigenvalue weighted by atomic mass is 32.2. The van der Waals surface area contributed by atoms with Crippen LogP contribution in [-0.4, -0.2) is 27.0 Å². The van der Waals surface area contributed by atoms with Gasteiger partial charge in [-0.15, -0.1) is 0 Å². The normalized spacial score (nSPS) is 21.5. The number of halogens is 3. The molecule has 0 saturated carbocycles. The van der Waals surface area contributed by atoms with Crippen molar-refractivity contribution in [2.45, 2.75) is 42.8 Å². The van der Waals surface area contributed by atoms with E-state index in [0.717, 1.165) is 25.0 Å². The van der Waals surface area contributed by atoms with E-state index in [1.807, 2.05) is 0 Å². The molecule has 1 saturated heterocycles. The average Bonchev–Trinajstić information content (AvgIpc) is 2.46. The van der Waals surface area contributed by atoms with Gasteiger partial charge in [-0.25, -0.2) is 8.51 Å². The van der Waals surface area contributed by atoms with E-state index in [0.29, 0.717) is 13.0 Å². The molecule has 22 heavy (non-hydrogen) atoms. The standard InChI is InChI=1S/C14H17F3N2O2S/c15-14(16,17)10-4-3-6-12(8-10)22(21)19-7-2-1-5-11(19)9-13(18)20/h3-4,6,8,11H,1-2,5,7,9H2,(H2,18,20). The molecule has 2 rings (SSSR count). The zero-order valence-electron chi connectivity index (χ0n) is 11.8. The molecule has 2 N–H and O–H groups in total. The van der Waals surface area contributed by atoms with E-state index in [9.17, 15) is 22.2 Å². The Balaban J connectivity index is 2.24. The van der Waals surface area contributed by atoms with Crippen LogP contribution in [0.1, 0.15) is 31.2 Å². The minimum absolute atomic E-state index is 0.0602. The molecule has 1 aliphatic heterocycles. The van der Waals surface area contributed by atoms with Gasteiger partial charge in [0, 0.05) is 19.0 Å². The molecule has 0 aliphatic carbocycles. The van der Waals surface area contributed by atoms with E-state index in [1.54, 1.807) is 4.31 Å². The summed E-state index contributed by atoms with van der Waals surface area (Å²) in [6, 6.07) is 4.19. The fourth-order valence-corrected chi connectivity index (χ4v) is 3.98. The quantitative estimate of drug-likeness (QED) is 0.919. The number of nitrogens with zero attached hydrogens (tertiary/aromatic N) is 1. The van der Waals surface area contributed by atoms with E-state index >= 15 is 0 Å². The van der Waals surface area contributed by atoms with Crippen LogP contribution in [0.4, 0.5) is 13.2 Å². The van der Waals surface area contributed by atoms with Crippen LogP contribution in [0.2, 0.25) is 0 Å². The lowest BCUT2D eigenvalue weighted by Crippen LogP contribution is -2.42. The molecular formula is C14H17F3N2O2S. The van der Waals surface area contributed by atoms with Crippen molar-refractivity contribution in [3.8, 4) is 0 Å². The first-order chi connectivity index (χ1) is 10.3. The lowest BCUT2D eigenvalue weighted by atomic mass is 10.0. The summed E-state index contributed by atoms with van der Waals surface area (Å²) in [5.41, 5.74) is 4.36. The molecule has 8 heteroatoms. The van der Waals surface area contributed by atoms with Crippen LogP contribution in [0.15, 0.2) is 29.2 Å². The highest BCUT2D eigenvalue weighted by molar-refractivity contribution is 7.82. The lowest BCUT2D eigenvalue weighted by molar-refractivity contribution is -0.137.